The van der Waals surface area contributed by atoms with Crippen molar-refractivity contribution >= 4 is 5.82 Å². The van der Waals surface area contributed by atoms with Crippen LogP contribution in [-0.4, -0.2) is 37.8 Å². The van der Waals surface area contributed by atoms with Gasteiger partial charge in [0.05, 0.1) is 13.3 Å². The van der Waals surface area contributed by atoms with Crippen LogP contribution in [0.2, 0.25) is 0 Å². The molecule has 0 spiro atoms. The molecular formula is C12H19N3O. The van der Waals surface area contributed by atoms with Crippen molar-refractivity contribution in [2.75, 3.05) is 31.6 Å². The van der Waals surface area contributed by atoms with Gasteiger partial charge in [-0.15, -0.1) is 0 Å². The van der Waals surface area contributed by atoms with Gasteiger partial charge in [-0.2, -0.15) is 0 Å². The zero-order valence-corrected chi connectivity index (χ0v) is 9.94. The van der Waals surface area contributed by atoms with Gasteiger partial charge in [0.25, 0.3) is 0 Å². The third-order valence-corrected chi connectivity index (χ3v) is 3.07. The Morgan fingerprint density at radius 2 is 2.44 bits per heavy atom. The fourth-order valence-electron chi connectivity index (χ4n) is 2.09. The summed E-state index contributed by atoms with van der Waals surface area (Å²) in [6.45, 7) is 5.32. The highest BCUT2D eigenvalue weighted by atomic mass is 16.5. The van der Waals surface area contributed by atoms with E-state index in [4.69, 9.17) is 4.74 Å². The normalized spacial score (nSPS) is 20.9. The number of piperazine rings is 1. The maximum absolute atomic E-state index is 5.12. The van der Waals surface area contributed by atoms with E-state index >= 15 is 0 Å². The molecule has 0 aliphatic carbocycles. The van der Waals surface area contributed by atoms with Crippen LogP contribution in [0.25, 0.3) is 0 Å². The summed E-state index contributed by atoms with van der Waals surface area (Å²) >= 11 is 0. The molecule has 88 valence electrons. The SMILES string of the molecule is CCC1CNCCN1c1ccc(OC)cn1. The highest BCUT2D eigenvalue weighted by molar-refractivity contribution is 5.42. The van der Waals surface area contributed by atoms with Gasteiger partial charge in [-0.25, -0.2) is 4.98 Å². The van der Waals surface area contributed by atoms with E-state index in [2.05, 4.69) is 22.1 Å². The highest BCUT2D eigenvalue weighted by Crippen LogP contribution is 2.19. The zero-order chi connectivity index (χ0) is 11.4. The van der Waals surface area contributed by atoms with Gasteiger partial charge in [-0.1, -0.05) is 6.92 Å². The largest absolute Gasteiger partial charge is 0.495 e. The Bertz CT molecular complexity index is 326. The maximum atomic E-state index is 5.12. The van der Waals surface area contributed by atoms with Crippen molar-refractivity contribution in [3.05, 3.63) is 18.3 Å². The number of anilines is 1. The summed E-state index contributed by atoms with van der Waals surface area (Å²) in [4.78, 5) is 6.82. The van der Waals surface area contributed by atoms with Crippen LogP contribution in [0.4, 0.5) is 5.82 Å². The first-order chi connectivity index (χ1) is 7.85. The summed E-state index contributed by atoms with van der Waals surface area (Å²) in [6, 6.07) is 4.55. The Morgan fingerprint density at radius 1 is 1.56 bits per heavy atom. The predicted molar refractivity (Wildman–Crippen MR) is 65.1 cm³/mol. The van der Waals surface area contributed by atoms with E-state index < -0.39 is 0 Å². The zero-order valence-electron chi connectivity index (χ0n) is 9.94. The van der Waals surface area contributed by atoms with E-state index in [9.17, 15) is 0 Å². The Kier molecular flexibility index (Phi) is 3.62. The molecule has 16 heavy (non-hydrogen) atoms. The van der Waals surface area contributed by atoms with Crippen molar-refractivity contribution in [2.24, 2.45) is 0 Å². The van der Waals surface area contributed by atoms with Crippen molar-refractivity contribution < 1.29 is 4.74 Å². The number of nitrogens with one attached hydrogen (secondary N) is 1. The standard InChI is InChI=1S/C12H19N3O/c1-3-10-8-13-6-7-15(10)12-5-4-11(16-2)9-14-12/h4-5,9-10,13H,3,6-8H2,1-2H3. The van der Waals surface area contributed by atoms with Gasteiger partial charge >= 0.3 is 0 Å². The molecule has 1 fully saturated rings. The summed E-state index contributed by atoms with van der Waals surface area (Å²) in [6.07, 6.45) is 2.92. The van der Waals surface area contributed by atoms with Crippen LogP contribution in [-0.2, 0) is 0 Å². The molecule has 2 heterocycles. The average molecular weight is 221 g/mol. The van der Waals surface area contributed by atoms with Gasteiger partial charge in [-0.3, -0.25) is 0 Å². The third-order valence-electron chi connectivity index (χ3n) is 3.07. The predicted octanol–water partition coefficient (Wildman–Crippen LogP) is 1.28. The second kappa shape index (κ2) is 5.16. The Balaban J connectivity index is 2.14. The van der Waals surface area contributed by atoms with E-state index in [1.54, 1.807) is 13.3 Å². The van der Waals surface area contributed by atoms with Crippen LogP contribution in [0.5, 0.6) is 5.75 Å². The lowest BCUT2D eigenvalue weighted by atomic mass is 10.1. The second-order valence-corrected chi connectivity index (χ2v) is 4.02. The number of hydrogen-bond acceptors (Lipinski definition) is 4. The van der Waals surface area contributed by atoms with Gasteiger partial charge in [0.1, 0.15) is 11.6 Å². The molecule has 1 saturated heterocycles. The monoisotopic (exact) mass is 221 g/mol. The van der Waals surface area contributed by atoms with E-state index in [0.717, 1.165) is 37.6 Å². The van der Waals surface area contributed by atoms with E-state index in [1.165, 1.54) is 0 Å². The molecule has 0 bridgehead atoms. The maximum Gasteiger partial charge on any atom is 0.137 e. The van der Waals surface area contributed by atoms with Gasteiger partial charge in [-0.05, 0) is 18.6 Å². The molecule has 1 aromatic heterocycles. The number of ether oxygens (including phenoxy) is 1. The molecule has 1 N–H and O–H groups in total. The van der Waals surface area contributed by atoms with Crippen LogP contribution < -0.4 is 15.0 Å². The quantitative estimate of drug-likeness (QED) is 0.834. The lowest BCUT2D eigenvalue weighted by Gasteiger charge is -2.36. The molecule has 1 unspecified atom stereocenters. The number of methoxy groups -OCH3 is 1. The molecule has 1 aromatic rings. The lowest BCUT2D eigenvalue weighted by molar-refractivity contribution is 0.412. The number of pyridine rings is 1. The van der Waals surface area contributed by atoms with Crippen molar-refractivity contribution in [3.8, 4) is 5.75 Å². The molecule has 2 rings (SSSR count). The molecule has 0 saturated carbocycles. The van der Waals surface area contributed by atoms with Gasteiger partial charge < -0.3 is 15.0 Å². The summed E-state index contributed by atoms with van der Waals surface area (Å²) in [5.41, 5.74) is 0. The third kappa shape index (κ3) is 2.27. The molecule has 4 nitrogen and oxygen atoms in total. The first-order valence-electron chi connectivity index (χ1n) is 5.82. The van der Waals surface area contributed by atoms with Crippen molar-refractivity contribution in [1.82, 2.24) is 10.3 Å². The van der Waals surface area contributed by atoms with Crippen LogP contribution in [0.3, 0.4) is 0 Å². The molecule has 0 aromatic carbocycles. The fourth-order valence-corrected chi connectivity index (χ4v) is 2.09. The van der Waals surface area contributed by atoms with Crippen molar-refractivity contribution in [2.45, 2.75) is 19.4 Å². The van der Waals surface area contributed by atoms with Crippen LogP contribution in [0.1, 0.15) is 13.3 Å². The first-order valence-corrected chi connectivity index (χ1v) is 5.82. The molecule has 0 radical (unpaired) electrons. The van der Waals surface area contributed by atoms with Crippen LogP contribution in [0, 0.1) is 0 Å². The number of hydrogen-bond donors (Lipinski definition) is 1. The van der Waals surface area contributed by atoms with E-state index in [-0.39, 0.29) is 0 Å². The number of rotatable bonds is 3. The Labute approximate surface area is 96.6 Å². The Hall–Kier alpha value is -1.29. The van der Waals surface area contributed by atoms with Gasteiger partial charge in [0.2, 0.25) is 0 Å². The van der Waals surface area contributed by atoms with E-state index in [0.29, 0.717) is 6.04 Å². The van der Waals surface area contributed by atoms with Crippen molar-refractivity contribution in [1.29, 1.82) is 0 Å². The number of nitrogens with zero attached hydrogens (tertiary/aromatic N) is 2. The van der Waals surface area contributed by atoms with E-state index in [1.807, 2.05) is 12.1 Å². The van der Waals surface area contributed by atoms with Crippen LogP contribution in [0.15, 0.2) is 18.3 Å². The van der Waals surface area contributed by atoms with Gasteiger partial charge in [0, 0.05) is 25.7 Å². The second-order valence-electron chi connectivity index (χ2n) is 4.02. The molecule has 1 atom stereocenters. The minimum atomic E-state index is 0.551. The molecule has 1 aliphatic heterocycles. The lowest BCUT2D eigenvalue weighted by Crippen LogP contribution is -2.51. The summed E-state index contributed by atoms with van der Waals surface area (Å²) in [5, 5.41) is 3.41. The minimum absolute atomic E-state index is 0.551. The Morgan fingerprint density at radius 3 is 3.06 bits per heavy atom. The number of aromatic nitrogens is 1. The average Bonchev–Trinajstić information content (AvgIpc) is 2.39. The topological polar surface area (TPSA) is 37.4 Å². The molecule has 1 aliphatic rings. The molecule has 0 amide bonds. The fraction of sp³-hybridized carbons (Fsp3) is 0.583. The molecular weight excluding hydrogens is 202 g/mol. The smallest absolute Gasteiger partial charge is 0.137 e. The first kappa shape index (κ1) is 11.2. The molecule has 4 heteroatoms. The minimum Gasteiger partial charge on any atom is -0.495 e. The van der Waals surface area contributed by atoms with Gasteiger partial charge in [0.15, 0.2) is 0 Å². The summed E-state index contributed by atoms with van der Waals surface area (Å²) < 4.78 is 5.12. The van der Waals surface area contributed by atoms with Crippen LogP contribution >= 0.6 is 0 Å². The summed E-state index contributed by atoms with van der Waals surface area (Å²) in [7, 11) is 1.66. The van der Waals surface area contributed by atoms with Crippen molar-refractivity contribution in [3.63, 3.8) is 0 Å². The highest BCUT2D eigenvalue weighted by Gasteiger charge is 2.21. The summed E-state index contributed by atoms with van der Waals surface area (Å²) in [5.74, 6) is 1.86.